The Morgan fingerprint density at radius 1 is 1.00 bits per heavy atom. The first-order valence-electron chi connectivity index (χ1n) is 10.2. The predicted octanol–water partition coefficient (Wildman–Crippen LogP) is 5.08. The molecule has 0 atom stereocenters. The van der Waals surface area contributed by atoms with Gasteiger partial charge in [0.2, 0.25) is 5.91 Å². The highest BCUT2D eigenvalue weighted by Gasteiger charge is 2.15. The number of anilines is 1. The fraction of sp³-hybridized carbons (Fsp3) is 0.160. The summed E-state index contributed by atoms with van der Waals surface area (Å²) in [5.41, 5.74) is 6.11. The summed E-state index contributed by atoms with van der Waals surface area (Å²) in [4.78, 5) is 22.5. The number of methoxy groups -OCH3 is 1. The Kier molecular flexibility index (Phi) is 4.75. The van der Waals surface area contributed by atoms with Crippen molar-refractivity contribution < 1.29 is 9.53 Å². The van der Waals surface area contributed by atoms with E-state index in [1.807, 2.05) is 67.6 Å². The number of nitrogens with zero attached hydrogens (tertiary/aromatic N) is 3. The van der Waals surface area contributed by atoms with Crippen molar-refractivity contribution in [2.24, 2.45) is 0 Å². The van der Waals surface area contributed by atoms with Crippen LogP contribution >= 0.6 is 0 Å². The SMILES string of the molecule is COc1ccc(C)cc1NC(=O)CCn1c2ccccc2c2nc3ccccc3nc21. The molecule has 154 valence electrons. The van der Waals surface area contributed by atoms with E-state index in [1.54, 1.807) is 7.11 Å². The van der Waals surface area contributed by atoms with Crippen LogP contribution in [0.3, 0.4) is 0 Å². The maximum absolute atomic E-state index is 12.8. The average molecular weight is 410 g/mol. The zero-order valence-corrected chi connectivity index (χ0v) is 17.4. The Bertz CT molecular complexity index is 1440. The van der Waals surface area contributed by atoms with Gasteiger partial charge in [0.1, 0.15) is 11.3 Å². The molecule has 0 radical (unpaired) electrons. The second-order valence-electron chi connectivity index (χ2n) is 7.56. The lowest BCUT2D eigenvalue weighted by Crippen LogP contribution is -2.15. The molecule has 0 bridgehead atoms. The van der Waals surface area contributed by atoms with Gasteiger partial charge in [0.05, 0.1) is 29.3 Å². The van der Waals surface area contributed by atoms with E-state index in [0.717, 1.165) is 38.7 Å². The molecule has 3 aromatic carbocycles. The third kappa shape index (κ3) is 3.46. The number of para-hydroxylation sites is 3. The van der Waals surface area contributed by atoms with Crippen LogP contribution in [-0.2, 0) is 11.3 Å². The summed E-state index contributed by atoms with van der Waals surface area (Å²) >= 11 is 0. The molecule has 2 heterocycles. The second-order valence-corrected chi connectivity index (χ2v) is 7.56. The molecule has 0 spiro atoms. The quantitative estimate of drug-likeness (QED) is 0.438. The molecular weight excluding hydrogens is 388 g/mol. The van der Waals surface area contributed by atoms with Gasteiger partial charge in [0, 0.05) is 18.4 Å². The van der Waals surface area contributed by atoms with Gasteiger partial charge in [0.15, 0.2) is 5.65 Å². The van der Waals surface area contributed by atoms with Gasteiger partial charge in [-0.15, -0.1) is 0 Å². The summed E-state index contributed by atoms with van der Waals surface area (Å²) in [6.07, 6.45) is 0.305. The average Bonchev–Trinajstić information content (AvgIpc) is 3.09. The van der Waals surface area contributed by atoms with Crippen LogP contribution in [0.2, 0.25) is 0 Å². The molecule has 6 nitrogen and oxygen atoms in total. The first-order valence-corrected chi connectivity index (χ1v) is 10.2. The molecule has 1 N–H and O–H groups in total. The minimum Gasteiger partial charge on any atom is -0.495 e. The highest BCUT2D eigenvalue weighted by Crippen LogP contribution is 2.29. The third-order valence-electron chi connectivity index (χ3n) is 5.45. The lowest BCUT2D eigenvalue weighted by atomic mass is 10.2. The molecule has 2 aromatic heterocycles. The van der Waals surface area contributed by atoms with Crippen molar-refractivity contribution in [2.75, 3.05) is 12.4 Å². The number of aryl methyl sites for hydroxylation is 2. The lowest BCUT2D eigenvalue weighted by molar-refractivity contribution is -0.116. The molecular formula is C25H22N4O2. The summed E-state index contributed by atoms with van der Waals surface area (Å²) in [7, 11) is 1.60. The number of carbonyl (C=O) groups excluding carboxylic acids is 1. The number of aromatic nitrogens is 3. The van der Waals surface area contributed by atoms with Crippen molar-refractivity contribution in [3.8, 4) is 5.75 Å². The number of fused-ring (bicyclic) bond motifs is 4. The van der Waals surface area contributed by atoms with Gasteiger partial charge in [-0.1, -0.05) is 36.4 Å². The van der Waals surface area contributed by atoms with Gasteiger partial charge in [-0.25, -0.2) is 9.97 Å². The van der Waals surface area contributed by atoms with E-state index in [4.69, 9.17) is 14.7 Å². The molecule has 1 amide bonds. The van der Waals surface area contributed by atoms with Crippen molar-refractivity contribution in [1.29, 1.82) is 0 Å². The van der Waals surface area contributed by atoms with Crippen molar-refractivity contribution in [3.63, 3.8) is 0 Å². The minimum atomic E-state index is -0.0800. The first kappa shape index (κ1) is 19.1. The number of amides is 1. The van der Waals surface area contributed by atoms with Crippen LogP contribution in [0.4, 0.5) is 5.69 Å². The predicted molar refractivity (Wildman–Crippen MR) is 124 cm³/mol. The monoisotopic (exact) mass is 410 g/mol. The van der Waals surface area contributed by atoms with Gasteiger partial charge in [0.25, 0.3) is 0 Å². The Balaban J connectivity index is 1.49. The van der Waals surface area contributed by atoms with Crippen LogP contribution in [0, 0.1) is 6.92 Å². The number of ether oxygens (including phenoxy) is 1. The van der Waals surface area contributed by atoms with Gasteiger partial charge in [-0.05, 0) is 42.8 Å². The van der Waals surface area contributed by atoms with Crippen LogP contribution in [-0.4, -0.2) is 27.6 Å². The van der Waals surface area contributed by atoms with Gasteiger partial charge in [-0.2, -0.15) is 0 Å². The summed E-state index contributed by atoms with van der Waals surface area (Å²) in [6.45, 7) is 2.48. The zero-order chi connectivity index (χ0) is 21.4. The van der Waals surface area contributed by atoms with E-state index in [-0.39, 0.29) is 5.91 Å². The smallest absolute Gasteiger partial charge is 0.226 e. The van der Waals surface area contributed by atoms with Crippen LogP contribution in [0.5, 0.6) is 5.75 Å². The maximum atomic E-state index is 12.8. The topological polar surface area (TPSA) is 69.0 Å². The van der Waals surface area contributed by atoms with E-state index in [1.165, 1.54) is 0 Å². The summed E-state index contributed by atoms with van der Waals surface area (Å²) in [5, 5.41) is 4.02. The number of rotatable bonds is 5. The summed E-state index contributed by atoms with van der Waals surface area (Å²) < 4.78 is 7.45. The largest absolute Gasteiger partial charge is 0.495 e. The standard InChI is InChI=1S/C25H22N4O2/c1-16-11-12-22(31-2)20(15-16)26-23(30)13-14-29-21-10-6-3-7-17(21)24-25(29)28-19-9-5-4-8-18(19)27-24/h3-12,15H,13-14H2,1-2H3,(H,26,30). The molecule has 0 unspecified atom stereocenters. The molecule has 0 saturated heterocycles. The Morgan fingerprint density at radius 2 is 1.74 bits per heavy atom. The van der Waals surface area contributed by atoms with Crippen LogP contribution in [0.15, 0.2) is 66.7 Å². The van der Waals surface area contributed by atoms with E-state index in [0.29, 0.717) is 24.4 Å². The van der Waals surface area contributed by atoms with E-state index in [9.17, 15) is 4.79 Å². The lowest BCUT2D eigenvalue weighted by Gasteiger charge is -2.12. The van der Waals surface area contributed by atoms with Gasteiger partial charge < -0.3 is 14.6 Å². The summed E-state index contributed by atoms with van der Waals surface area (Å²) in [6, 6.07) is 21.7. The maximum Gasteiger partial charge on any atom is 0.226 e. The molecule has 0 fully saturated rings. The first-order chi connectivity index (χ1) is 15.1. The van der Waals surface area contributed by atoms with Crippen LogP contribution in [0.25, 0.3) is 33.1 Å². The van der Waals surface area contributed by atoms with E-state index in [2.05, 4.69) is 16.0 Å². The molecule has 5 aromatic rings. The molecule has 0 aliphatic heterocycles. The van der Waals surface area contributed by atoms with Crippen molar-refractivity contribution in [1.82, 2.24) is 14.5 Å². The molecule has 5 rings (SSSR count). The van der Waals surface area contributed by atoms with E-state index < -0.39 is 0 Å². The third-order valence-corrected chi connectivity index (χ3v) is 5.45. The van der Waals surface area contributed by atoms with Gasteiger partial charge >= 0.3 is 0 Å². The Labute approximate surface area is 179 Å². The van der Waals surface area contributed by atoms with Crippen LogP contribution < -0.4 is 10.1 Å². The molecule has 0 aliphatic carbocycles. The van der Waals surface area contributed by atoms with Crippen molar-refractivity contribution in [3.05, 3.63) is 72.3 Å². The number of hydrogen-bond acceptors (Lipinski definition) is 4. The number of hydrogen-bond donors (Lipinski definition) is 1. The van der Waals surface area contributed by atoms with Gasteiger partial charge in [-0.3, -0.25) is 4.79 Å². The minimum absolute atomic E-state index is 0.0800. The zero-order valence-electron chi connectivity index (χ0n) is 17.4. The molecule has 0 saturated carbocycles. The Morgan fingerprint density at radius 3 is 2.55 bits per heavy atom. The highest BCUT2D eigenvalue weighted by molar-refractivity contribution is 6.06. The highest BCUT2D eigenvalue weighted by atomic mass is 16.5. The number of nitrogens with one attached hydrogen (secondary N) is 1. The summed E-state index contributed by atoms with van der Waals surface area (Å²) in [5.74, 6) is 0.566. The number of carbonyl (C=O) groups is 1. The number of benzene rings is 3. The van der Waals surface area contributed by atoms with Crippen molar-refractivity contribution in [2.45, 2.75) is 19.9 Å². The molecule has 0 aliphatic rings. The Hall–Kier alpha value is -3.93. The molecule has 6 heteroatoms. The molecule has 31 heavy (non-hydrogen) atoms. The normalized spacial score (nSPS) is 11.3. The fourth-order valence-electron chi connectivity index (χ4n) is 3.95. The fourth-order valence-corrected chi connectivity index (χ4v) is 3.95. The van der Waals surface area contributed by atoms with Crippen LogP contribution in [0.1, 0.15) is 12.0 Å². The van der Waals surface area contributed by atoms with E-state index >= 15 is 0 Å². The van der Waals surface area contributed by atoms with Crippen molar-refractivity contribution >= 4 is 44.7 Å². The second kappa shape index (κ2) is 7.72.